The van der Waals surface area contributed by atoms with Gasteiger partial charge in [0.2, 0.25) is 0 Å². The zero-order chi connectivity index (χ0) is 79.4. The standard InChI is InChI=1S/C91H158O16P2/c1-4-7-10-13-16-19-22-25-28-31-34-36-37-38-39-40-41-42-43-44-45-46-47-49-52-53-56-59-62-65-68-71-74-77-89(94)101-80-86(92)81-103-108(97,98)104-82-87(93)83-105-109(99,100)106-85-88(107-91(96)79-76-73-70-67-64-61-58-55-50-33-30-27-24-21-18-15-12-9-6-3)84-102-90(95)78-75-72-69-66-63-60-57-54-51-48-35-32-29-26-23-20-17-14-11-8-5-2/h16-21,25-30,34-36,38-39,48,50,54-55,57,86-88,92-93H,4-15,22-24,31-33,37,40-47,49,51-53,56,58-85H2,1-3H3,(H,97,98)(H,99,100)/b19-16-,20-17-,21-18-,28-25-,29-26-,30-27-,36-34-,39-38-,48-35-,55-50-,57-54-. The van der Waals surface area contributed by atoms with Crippen molar-refractivity contribution in [3.05, 3.63) is 134 Å². The van der Waals surface area contributed by atoms with E-state index >= 15 is 0 Å². The van der Waals surface area contributed by atoms with Gasteiger partial charge in [-0.1, -0.05) is 334 Å². The van der Waals surface area contributed by atoms with E-state index in [1.54, 1.807) is 0 Å². The highest BCUT2D eigenvalue weighted by molar-refractivity contribution is 7.47. The molecule has 0 saturated carbocycles. The minimum Gasteiger partial charge on any atom is -0.463 e. The van der Waals surface area contributed by atoms with Crippen molar-refractivity contribution in [2.75, 3.05) is 39.6 Å². The van der Waals surface area contributed by atoms with Crippen LogP contribution in [0.1, 0.15) is 367 Å². The predicted molar refractivity (Wildman–Crippen MR) is 454 cm³/mol. The maximum atomic E-state index is 13.0. The lowest BCUT2D eigenvalue weighted by atomic mass is 10.0. The van der Waals surface area contributed by atoms with E-state index in [0.29, 0.717) is 19.3 Å². The number of hydrogen-bond acceptors (Lipinski definition) is 14. The first-order chi connectivity index (χ1) is 53.2. The van der Waals surface area contributed by atoms with Gasteiger partial charge in [0.1, 0.15) is 25.4 Å². The molecular weight excluding hydrogens is 1410 g/mol. The molecule has 18 heteroatoms. The van der Waals surface area contributed by atoms with Crippen LogP contribution in [0, 0.1) is 0 Å². The van der Waals surface area contributed by atoms with E-state index in [-0.39, 0.29) is 19.3 Å². The summed E-state index contributed by atoms with van der Waals surface area (Å²) in [6, 6.07) is 0. The van der Waals surface area contributed by atoms with Crippen molar-refractivity contribution in [1.29, 1.82) is 0 Å². The fourth-order valence-electron chi connectivity index (χ4n) is 11.7. The fraction of sp³-hybridized carbons (Fsp3) is 0.725. The molecule has 0 aliphatic rings. The van der Waals surface area contributed by atoms with Gasteiger partial charge in [0, 0.05) is 19.3 Å². The van der Waals surface area contributed by atoms with Crippen molar-refractivity contribution >= 4 is 33.6 Å². The first kappa shape index (κ1) is 105. The molecule has 4 N–H and O–H groups in total. The highest BCUT2D eigenvalue weighted by atomic mass is 31.2. The second kappa shape index (κ2) is 83.1. The van der Waals surface area contributed by atoms with Crippen LogP contribution in [0.4, 0.5) is 0 Å². The number of aliphatic hydroxyl groups excluding tert-OH is 2. The summed E-state index contributed by atoms with van der Waals surface area (Å²) in [5.41, 5.74) is 0. The van der Waals surface area contributed by atoms with Crippen LogP contribution in [0.25, 0.3) is 0 Å². The molecular formula is C91H158O16P2. The maximum absolute atomic E-state index is 13.0. The molecule has 0 saturated heterocycles. The molecule has 16 nitrogen and oxygen atoms in total. The summed E-state index contributed by atoms with van der Waals surface area (Å²) in [5.74, 6) is -1.60. The lowest BCUT2D eigenvalue weighted by molar-refractivity contribution is -0.161. The Balaban J connectivity index is 4.53. The van der Waals surface area contributed by atoms with Crippen molar-refractivity contribution in [1.82, 2.24) is 0 Å². The largest absolute Gasteiger partial charge is 0.472 e. The summed E-state index contributed by atoms with van der Waals surface area (Å²) in [4.78, 5) is 58.8. The zero-order valence-electron chi connectivity index (χ0n) is 68.9. The molecule has 0 fully saturated rings. The average molecular weight is 1570 g/mol. The molecule has 0 aromatic carbocycles. The van der Waals surface area contributed by atoms with E-state index in [1.807, 2.05) is 0 Å². The molecule has 0 radical (unpaired) electrons. The summed E-state index contributed by atoms with van der Waals surface area (Å²) in [5, 5.41) is 20.7. The van der Waals surface area contributed by atoms with Crippen molar-refractivity contribution in [3.63, 3.8) is 0 Å². The van der Waals surface area contributed by atoms with Crippen molar-refractivity contribution in [2.24, 2.45) is 0 Å². The summed E-state index contributed by atoms with van der Waals surface area (Å²) >= 11 is 0. The van der Waals surface area contributed by atoms with Crippen molar-refractivity contribution in [2.45, 2.75) is 386 Å². The van der Waals surface area contributed by atoms with Crippen LogP contribution in [0.5, 0.6) is 0 Å². The Bertz CT molecular complexity index is 2510. The molecule has 109 heavy (non-hydrogen) atoms. The smallest absolute Gasteiger partial charge is 0.463 e. The van der Waals surface area contributed by atoms with Gasteiger partial charge in [0.05, 0.1) is 26.4 Å². The molecule has 0 amide bonds. The average Bonchev–Trinajstić information content (AvgIpc) is 0.896. The van der Waals surface area contributed by atoms with Gasteiger partial charge in [-0.05, 0) is 148 Å². The van der Waals surface area contributed by atoms with Gasteiger partial charge in [-0.15, -0.1) is 0 Å². The topological polar surface area (TPSA) is 231 Å². The second-order valence-electron chi connectivity index (χ2n) is 29.0. The molecule has 5 atom stereocenters. The van der Waals surface area contributed by atoms with Crippen molar-refractivity contribution < 1.29 is 75.8 Å². The summed E-state index contributed by atoms with van der Waals surface area (Å²) in [6.07, 6.45) is 102. The third-order valence-electron chi connectivity index (χ3n) is 18.3. The molecule has 0 aromatic heterocycles. The number of aliphatic hydroxyl groups is 2. The lowest BCUT2D eigenvalue weighted by Gasteiger charge is -2.21. The van der Waals surface area contributed by atoms with E-state index in [1.165, 1.54) is 161 Å². The van der Waals surface area contributed by atoms with Gasteiger partial charge in [-0.2, -0.15) is 0 Å². The van der Waals surface area contributed by atoms with Crippen LogP contribution in [-0.2, 0) is 55.8 Å². The number of allylic oxidation sites excluding steroid dienone is 22. The molecule has 0 rings (SSSR count). The highest BCUT2D eigenvalue weighted by Crippen LogP contribution is 2.45. The number of esters is 3. The van der Waals surface area contributed by atoms with E-state index in [4.69, 9.17) is 32.3 Å². The minimum absolute atomic E-state index is 0.0831. The SMILES string of the molecule is CCCCC/C=C\C/C=C\C/C=C\C/C=C\CCCCCCCCCCCCCCCCCCCC(=O)OCC(O)COP(=O)(O)OCC(O)COP(=O)(O)OCC(COC(=O)CCCCCCC/C=C\C/C=C\C/C=C\C/C=C\CCCCC)OC(=O)CCCCCCCC/C=C\C/C=C\C/C=C\CCCCC. The van der Waals surface area contributed by atoms with Crippen LogP contribution < -0.4 is 0 Å². The van der Waals surface area contributed by atoms with Crippen LogP contribution in [0.15, 0.2) is 134 Å². The predicted octanol–water partition coefficient (Wildman–Crippen LogP) is 26.2. The van der Waals surface area contributed by atoms with Gasteiger partial charge in [-0.3, -0.25) is 32.5 Å². The number of hydrogen-bond donors (Lipinski definition) is 4. The molecule has 0 aliphatic carbocycles. The monoisotopic (exact) mass is 1570 g/mol. The summed E-state index contributed by atoms with van der Waals surface area (Å²) in [7, 11) is -9.81. The Morgan fingerprint density at radius 1 is 0.257 bits per heavy atom. The van der Waals surface area contributed by atoms with Gasteiger partial charge in [0.15, 0.2) is 6.10 Å². The third kappa shape index (κ3) is 84.4. The molecule has 0 bridgehead atoms. The first-order valence-electron chi connectivity index (χ1n) is 43.5. The van der Waals surface area contributed by atoms with Gasteiger partial charge in [0.25, 0.3) is 0 Å². The highest BCUT2D eigenvalue weighted by Gasteiger charge is 2.29. The Morgan fingerprint density at radius 3 is 0.725 bits per heavy atom. The quantitative estimate of drug-likeness (QED) is 0.0146. The van der Waals surface area contributed by atoms with E-state index in [0.717, 1.165) is 148 Å². The van der Waals surface area contributed by atoms with Gasteiger partial charge >= 0.3 is 33.6 Å². The van der Waals surface area contributed by atoms with Crippen LogP contribution in [-0.4, -0.2) is 95.9 Å². The van der Waals surface area contributed by atoms with Crippen LogP contribution >= 0.6 is 15.6 Å². The molecule has 0 heterocycles. The molecule has 5 unspecified atom stereocenters. The third-order valence-corrected chi connectivity index (χ3v) is 20.2. The lowest BCUT2D eigenvalue weighted by Crippen LogP contribution is -2.30. The van der Waals surface area contributed by atoms with E-state index < -0.39 is 91.5 Å². The van der Waals surface area contributed by atoms with Crippen LogP contribution in [0.2, 0.25) is 0 Å². The number of phosphoric ester groups is 2. The number of unbranched alkanes of at least 4 members (excludes halogenated alkanes) is 37. The molecule has 628 valence electrons. The fourth-order valence-corrected chi connectivity index (χ4v) is 13.2. The minimum atomic E-state index is -4.95. The molecule has 0 aromatic rings. The zero-order valence-corrected chi connectivity index (χ0v) is 70.7. The maximum Gasteiger partial charge on any atom is 0.472 e. The van der Waals surface area contributed by atoms with Gasteiger partial charge < -0.3 is 34.2 Å². The number of phosphoric acid groups is 2. The normalized spacial score (nSPS) is 14.5. The number of carbonyl (C=O) groups excluding carboxylic acids is 3. The Morgan fingerprint density at radius 2 is 0.459 bits per heavy atom. The summed E-state index contributed by atoms with van der Waals surface area (Å²) < 4.78 is 61.3. The van der Waals surface area contributed by atoms with E-state index in [2.05, 4.69) is 154 Å². The van der Waals surface area contributed by atoms with Gasteiger partial charge in [-0.25, -0.2) is 9.13 Å². The second-order valence-corrected chi connectivity index (χ2v) is 31.9. The Hall–Kier alpha value is -4.31. The number of rotatable bonds is 82. The van der Waals surface area contributed by atoms with E-state index in [9.17, 15) is 43.5 Å². The number of carbonyl (C=O) groups is 3. The Labute approximate surface area is 665 Å². The van der Waals surface area contributed by atoms with Crippen LogP contribution in [0.3, 0.4) is 0 Å². The summed E-state index contributed by atoms with van der Waals surface area (Å²) in [6.45, 7) is 2.60. The number of ether oxygens (including phenoxy) is 3. The Kier molecular flexibility index (Phi) is 79.8. The molecule has 0 spiro atoms. The molecule has 0 aliphatic heterocycles. The van der Waals surface area contributed by atoms with Crippen molar-refractivity contribution in [3.8, 4) is 0 Å². The first-order valence-corrected chi connectivity index (χ1v) is 46.5.